The third-order valence-electron chi connectivity index (χ3n) is 6.50. The van der Waals surface area contributed by atoms with Gasteiger partial charge in [0.15, 0.2) is 11.9 Å². The lowest BCUT2D eigenvalue weighted by molar-refractivity contribution is -0.0251. The summed E-state index contributed by atoms with van der Waals surface area (Å²) in [6, 6.07) is 5.22. The molecule has 0 bridgehead atoms. The fourth-order valence-electron chi connectivity index (χ4n) is 4.94. The highest BCUT2D eigenvalue weighted by atomic mass is 32.3. The molecule has 208 valence electrons. The topological polar surface area (TPSA) is 80.4 Å². The van der Waals surface area contributed by atoms with Gasteiger partial charge in [0.2, 0.25) is 0 Å². The lowest BCUT2D eigenvalue weighted by atomic mass is 9.94. The smallest absolute Gasteiger partial charge is 0.330 e. The first-order valence-electron chi connectivity index (χ1n) is 12.4. The Balaban J connectivity index is 0.00000164. The highest BCUT2D eigenvalue weighted by molar-refractivity contribution is 8.26. The number of fused-ring (bicyclic) bond motifs is 2. The van der Waals surface area contributed by atoms with Crippen molar-refractivity contribution in [1.29, 1.82) is 0 Å². The fourth-order valence-corrected chi connectivity index (χ4v) is 6.69. The van der Waals surface area contributed by atoms with Crippen LogP contribution in [0.15, 0.2) is 41.3 Å². The summed E-state index contributed by atoms with van der Waals surface area (Å²) in [5.41, 5.74) is 2.15. The van der Waals surface area contributed by atoms with Gasteiger partial charge in [-0.15, -0.1) is 5.48 Å². The van der Waals surface area contributed by atoms with E-state index in [0.29, 0.717) is 17.7 Å². The molecule has 7 nitrogen and oxygen atoms in total. The average molecular weight is 557 g/mol. The molecule has 12 heteroatoms. The van der Waals surface area contributed by atoms with Crippen LogP contribution in [0.3, 0.4) is 0 Å². The van der Waals surface area contributed by atoms with Crippen LogP contribution in [0.2, 0.25) is 0 Å². The maximum absolute atomic E-state index is 15.4. The number of alkyl halides is 2. The number of nitrogens with zero attached hydrogens (tertiary/aromatic N) is 2. The number of hydrogen-bond donors (Lipinski definition) is 3. The number of aromatic nitrogens is 2. The van der Waals surface area contributed by atoms with E-state index in [-0.39, 0.29) is 29.0 Å². The molecule has 3 aromatic rings. The van der Waals surface area contributed by atoms with Crippen LogP contribution in [0.25, 0.3) is 11.1 Å². The Morgan fingerprint density at radius 1 is 1.24 bits per heavy atom. The Bertz CT molecular complexity index is 1390. The Labute approximate surface area is 220 Å². The van der Waals surface area contributed by atoms with E-state index < -0.39 is 51.6 Å². The zero-order valence-corrected chi connectivity index (χ0v) is 22.6. The monoisotopic (exact) mass is 556 g/mol. The molecular formula is C26H32F4N4O3S. The van der Waals surface area contributed by atoms with Gasteiger partial charge in [0, 0.05) is 17.5 Å². The normalized spacial score (nSPS) is 21.5. The molecule has 0 saturated carbocycles. The lowest BCUT2D eigenvalue weighted by Crippen LogP contribution is -2.43. The van der Waals surface area contributed by atoms with Gasteiger partial charge in [0.05, 0.1) is 12.1 Å². The molecule has 2 aliphatic rings. The summed E-state index contributed by atoms with van der Waals surface area (Å²) in [4.78, 5) is 18.8. The molecule has 2 aromatic carbocycles. The summed E-state index contributed by atoms with van der Waals surface area (Å²) < 4.78 is 75.3. The molecule has 1 aromatic heterocycles. The van der Waals surface area contributed by atoms with Crippen molar-refractivity contribution in [3.63, 3.8) is 0 Å². The van der Waals surface area contributed by atoms with E-state index >= 15 is 8.78 Å². The first kappa shape index (κ1) is 28.2. The van der Waals surface area contributed by atoms with Crippen molar-refractivity contribution in [3.05, 3.63) is 75.5 Å². The van der Waals surface area contributed by atoms with Gasteiger partial charge in [0.25, 0.3) is 0 Å². The number of hydrogen-bond acceptors (Lipinski definition) is 5. The zero-order valence-electron chi connectivity index (χ0n) is 21.8. The summed E-state index contributed by atoms with van der Waals surface area (Å²) in [6.45, 7) is 7.22. The quantitative estimate of drug-likeness (QED) is 0.341. The standard InChI is InChI=1S/C24H26F4N4O3S.C2H6/c1-4-8-36(3,34)30-18-11-31-19(24(18,27)28)12-32(23(31)33)22-21-14(9-13(2)10-17(21)35-29-22)20-15(25)6-5-7-16(20)26;1-2/h5-7,9-10,12,18,22,29-30,34H,4,8,11H2,1-3H3;1-2H3/t18-,22?;/m1./s1. The van der Waals surface area contributed by atoms with E-state index in [1.54, 1.807) is 19.1 Å². The number of aryl methyl sites for hydroxylation is 1. The second-order valence-corrected chi connectivity index (χ2v) is 12.0. The number of halogens is 4. The minimum Gasteiger partial charge on any atom is -0.406 e. The minimum atomic E-state index is -3.44. The van der Waals surface area contributed by atoms with Crippen LogP contribution in [0.4, 0.5) is 17.6 Å². The first-order chi connectivity index (χ1) is 17.9. The highest BCUT2D eigenvalue weighted by Crippen LogP contribution is 2.46. The van der Waals surface area contributed by atoms with E-state index in [1.165, 1.54) is 12.3 Å². The number of hydroxylamine groups is 1. The molecule has 3 N–H and O–H groups in total. The van der Waals surface area contributed by atoms with Crippen molar-refractivity contribution >= 4 is 10.5 Å². The van der Waals surface area contributed by atoms with Crippen molar-refractivity contribution < 1.29 is 27.0 Å². The summed E-state index contributed by atoms with van der Waals surface area (Å²) >= 11 is 0. The Kier molecular flexibility index (Phi) is 7.72. The summed E-state index contributed by atoms with van der Waals surface area (Å²) in [5, 5.41) is 0. The molecule has 0 spiro atoms. The Hall–Kier alpha value is -2.80. The number of benzene rings is 2. The Morgan fingerprint density at radius 2 is 1.89 bits per heavy atom. The second-order valence-electron chi connectivity index (χ2n) is 9.30. The largest absolute Gasteiger partial charge is 0.406 e. The molecule has 2 aliphatic heterocycles. The fraction of sp³-hybridized carbons (Fsp3) is 0.423. The summed E-state index contributed by atoms with van der Waals surface area (Å²) in [6.07, 6.45) is 2.05. The molecule has 5 rings (SSSR count). The molecule has 0 saturated heterocycles. The summed E-state index contributed by atoms with van der Waals surface area (Å²) in [5.74, 6) is -4.47. The first-order valence-corrected chi connectivity index (χ1v) is 14.6. The van der Waals surface area contributed by atoms with Gasteiger partial charge in [-0.2, -0.15) is 8.78 Å². The van der Waals surface area contributed by atoms with E-state index in [9.17, 15) is 18.1 Å². The molecule has 38 heavy (non-hydrogen) atoms. The van der Waals surface area contributed by atoms with Gasteiger partial charge in [-0.1, -0.05) is 43.4 Å². The van der Waals surface area contributed by atoms with Crippen LogP contribution in [0.5, 0.6) is 5.75 Å². The van der Waals surface area contributed by atoms with Crippen molar-refractivity contribution in [2.24, 2.45) is 0 Å². The molecule has 0 radical (unpaired) electrons. The maximum Gasteiger partial charge on any atom is 0.330 e. The number of imidazole rings is 1. The van der Waals surface area contributed by atoms with Crippen molar-refractivity contribution in [1.82, 2.24) is 19.3 Å². The molecule has 3 heterocycles. The molecule has 3 atom stereocenters. The van der Waals surface area contributed by atoms with Crippen molar-refractivity contribution in [2.45, 2.75) is 58.8 Å². The van der Waals surface area contributed by atoms with Gasteiger partial charge >= 0.3 is 11.6 Å². The SMILES string of the molecule is CC.CCCS(C)(O)N[C@@H]1Cn2c(cn(C3NOc4cc(C)cc(-c5c(F)cccc5F)c43)c2=O)C1(F)F. The number of nitrogens with one attached hydrogen (secondary N) is 2. The van der Waals surface area contributed by atoms with E-state index in [0.717, 1.165) is 27.5 Å². The second kappa shape index (κ2) is 10.4. The van der Waals surface area contributed by atoms with Crippen LogP contribution in [0.1, 0.15) is 50.2 Å². The molecule has 0 amide bonds. The van der Waals surface area contributed by atoms with Crippen LogP contribution < -0.4 is 20.7 Å². The molecule has 2 unspecified atom stereocenters. The predicted molar refractivity (Wildman–Crippen MR) is 141 cm³/mol. The van der Waals surface area contributed by atoms with E-state index in [2.05, 4.69) is 10.2 Å². The molecular weight excluding hydrogens is 524 g/mol. The highest BCUT2D eigenvalue weighted by Gasteiger charge is 2.52. The average Bonchev–Trinajstić information content (AvgIpc) is 3.47. The van der Waals surface area contributed by atoms with Crippen LogP contribution >= 0.6 is 10.5 Å². The molecule has 0 aliphatic carbocycles. The van der Waals surface area contributed by atoms with Gasteiger partial charge in [-0.3, -0.25) is 9.13 Å². The predicted octanol–water partition coefficient (Wildman–Crippen LogP) is 5.67. The van der Waals surface area contributed by atoms with Gasteiger partial charge in [0.1, 0.15) is 23.4 Å². The van der Waals surface area contributed by atoms with Crippen LogP contribution in [-0.2, 0) is 12.5 Å². The zero-order chi connectivity index (χ0) is 28.0. The van der Waals surface area contributed by atoms with Crippen molar-refractivity contribution in [3.8, 4) is 16.9 Å². The van der Waals surface area contributed by atoms with Gasteiger partial charge in [-0.05, 0) is 48.9 Å². The van der Waals surface area contributed by atoms with E-state index in [4.69, 9.17) is 4.84 Å². The minimum absolute atomic E-state index is 0.152. The molecule has 0 fully saturated rings. The van der Waals surface area contributed by atoms with E-state index in [1.807, 2.05) is 20.8 Å². The lowest BCUT2D eigenvalue weighted by Gasteiger charge is -2.35. The third kappa shape index (κ3) is 4.74. The van der Waals surface area contributed by atoms with Gasteiger partial charge < -0.3 is 9.39 Å². The van der Waals surface area contributed by atoms with Crippen LogP contribution in [-0.4, -0.2) is 31.7 Å². The Morgan fingerprint density at radius 3 is 2.50 bits per heavy atom. The third-order valence-corrected chi connectivity index (χ3v) is 8.49. The van der Waals surface area contributed by atoms with Gasteiger partial charge in [-0.25, -0.2) is 18.3 Å². The summed E-state index contributed by atoms with van der Waals surface area (Å²) in [7, 11) is -2.46. The van der Waals surface area contributed by atoms with Crippen LogP contribution in [0, 0.1) is 18.6 Å². The number of rotatable bonds is 6. The van der Waals surface area contributed by atoms with Crippen molar-refractivity contribution in [2.75, 3.05) is 12.0 Å². The maximum atomic E-state index is 15.4.